The molecule has 1 heterocycles. The van der Waals surface area contributed by atoms with Gasteiger partial charge in [0.25, 0.3) is 0 Å². The van der Waals surface area contributed by atoms with E-state index in [0.29, 0.717) is 18.4 Å². The van der Waals surface area contributed by atoms with Gasteiger partial charge in [-0.1, -0.05) is 132 Å². The molecule has 0 atom stereocenters. The molecule has 0 aliphatic rings. The minimum absolute atomic E-state index is 0. The third kappa shape index (κ3) is 14.3. The van der Waals surface area contributed by atoms with Crippen molar-refractivity contribution < 1.29 is 17.4 Å². The second kappa shape index (κ2) is 15.7. The topological polar surface area (TPSA) is 53.5 Å². The van der Waals surface area contributed by atoms with E-state index < -0.39 is 16.5 Å². The summed E-state index contributed by atoms with van der Waals surface area (Å²) in [7, 11) is -2.21. The van der Waals surface area contributed by atoms with E-state index in [1.165, 1.54) is 11.1 Å². The van der Waals surface area contributed by atoms with Crippen LogP contribution in [0.2, 0.25) is 39.3 Å². The molecule has 2 aromatic rings. The molecule has 0 unspecified atom stereocenters. The maximum absolute atomic E-state index is 4.96. The largest absolute Gasteiger partial charge is 2.00 e. The van der Waals surface area contributed by atoms with Gasteiger partial charge in [-0.15, -0.1) is 5.69 Å². The molecule has 0 saturated carbocycles. The van der Waals surface area contributed by atoms with E-state index >= 15 is 0 Å². The third-order valence-corrected chi connectivity index (χ3v) is 10.3. The van der Waals surface area contributed by atoms with Crippen molar-refractivity contribution in [3.63, 3.8) is 0 Å². The van der Waals surface area contributed by atoms with Crippen molar-refractivity contribution in [3.8, 4) is 0 Å². The average Bonchev–Trinajstić information content (AvgIpc) is 2.70. The first-order valence-electron chi connectivity index (χ1n) is 12.8. The van der Waals surface area contributed by atoms with Crippen LogP contribution in [0.3, 0.4) is 0 Å². The summed E-state index contributed by atoms with van der Waals surface area (Å²) in [6.45, 7) is 27.3. The monoisotopic (exact) mass is 560 g/mol. The van der Waals surface area contributed by atoms with Crippen LogP contribution < -0.4 is 0 Å². The number of hydrogen-bond donors (Lipinski definition) is 0. The molecule has 0 aliphatic carbocycles. The molecule has 0 radical (unpaired) electrons. The molecular formula is C29H48CrN4Si2. The minimum Gasteiger partial charge on any atom is -0.668 e. The van der Waals surface area contributed by atoms with Gasteiger partial charge in [-0.3, -0.25) is 9.98 Å². The SMILES string of the molecule is CC(/C=C(/C)[N-]c1c(C(C)C)cccc1C(C)C)=NCc1ccccn1.C[Si](C)(C)[N-][Si](C)(C)C.[Cr+2]. The van der Waals surface area contributed by atoms with Gasteiger partial charge in [-0.25, -0.2) is 0 Å². The molecule has 0 saturated heterocycles. The maximum atomic E-state index is 4.96. The minimum atomic E-state index is -1.11. The number of allylic oxidation sites excluding steroid dienone is 2. The molecule has 0 spiro atoms. The van der Waals surface area contributed by atoms with Crippen molar-refractivity contribution >= 4 is 27.9 Å². The summed E-state index contributed by atoms with van der Waals surface area (Å²) in [6.07, 6.45) is 3.84. The first-order chi connectivity index (χ1) is 16.1. The Kier molecular flexibility index (Phi) is 15.0. The zero-order valence-corrected chi connectivity index (χ0v) is 28.0. The van der Waals surface area contributed by atoms with E-state index in [0.717, 1.165) is 22.8 Å². The zero-order chi connectivity index (χ0) is 26.8. The van der Waals surface area contributed by atoms with Crippen LogP contribution in [0.5, 0.6) is 0 Å². The van der Waals surface area contributed by atoms with Crippen LogP contribution in [0.4, 0.5) is 5.69 Å². The number of aromatic nitrogens is 1. The van der Waals surface area contributed by atoms with E-state index in [4.69, 9.17) is 9.96 Å². The fraction of sp³-hybridized carbons (Fsp3) is 0.517. The molecule has 36 heavy (non-hydrogen) atoms. The Morgan fingerprint density at radius 3 is 1.78 bits per heavy atom. The van der Waals surface area contributed by atoms with Gasteiger partial charge in [0.1, 0.15) is 0 Å². The Hall–Kier alpha value is -1.49. The molecule has 0 bridgehead atoms. The predicted octanol–water partition coefficient (Wildman–Crippen LogP) is 9.93. The molecule has 7 heteroatoms. The van der Waals surface area contributed by atoms with Crippen molar-refractivity contribution in [3.05, 3.63) is 81.2 Å². The van der Waals surface area contributed by atoms with Gasteiger partial charge < -0.3 is 9.96 Å². The number of benzene rings is 1. The normalized spacial score (nSPS) is 12.7. The standard InChI is InChI=1S/C23H30N3.C6H18NSi2.Cr/c1-16(2)21-11-9-12-22(17(3)4)23(21)26-19(6)14-18(5)25-15-20-10-7-8-13-24-20;1-8(2,3)7-9(4,5)6;/h7-14,16-17H,15H2,1-6H3;1-6H3;/q2*-1;+2/b19-14-,25-18?;;. The first-order valence-corrected chi connectivity index (χ1v) is 19.7. The van der Waals surface area contributed by atoms with Crippen LogP contribution in [-0.4, -0.2) is 27.2 Å². The molecule has 1 aromatic carbocycles. The fourth-order valence-corrected chi connectivity index (χ4v) is 12.0. The fourth-order valence-electron chi connectivity index (χ4n) is 3.90. The van der Waals surface area contributed by atoms with E-state index in [-0.39, 0.29) is 17.4 Å². The quantitative estimate of drug-likeness (QED) is 0.222. The van der Waals surface area contributed by atoms with Crippen molar-refractivity contribution in [2.24, 2.45) is 4.99 Å². The van der Waals surface area contributed by atoms with E-state index in [1.54, 1.807) is 6.20 Å². The summed E-state index contributed by atoms with van der Waals surface area (Å²) >= 11 is 0. The van der Waals surface area contributed by atoms with Gasteiger partial charge in [0, 0.05) is 11.9 Å². The van der Waals surface area contributed by atoms with Gasteiger partial charge in [0.2, 0.25) is 0 Å². The summed E-state index contributed by atoms with van der Waals surface area (Å²) in [6, 6.07) is 12.4. The molecule has 1 aromatic heterocycles. The van der Waals surface area contributed by atoms with Crippen LogP contribution in [0, 0.1) is 0 Å². The summed E-state index contributed by atoms with van der Waals surface area (Å²) < 4.78 is 4.82. The second-order valence-corrected chi connectivity index (χ2v) is 21.3. The van der Waals surface area contributed by atoms with Gasteiger partial charge in [-0.2, -0.15) is 5.70 Å². The smallest absolute Gasteiger partial charge is 0.668 e. The van der Waals surface area contributed by atoms with Crippen molar-refractivity contribution in [2.45, 2.75) is 99.2 Å². The van der Waals surface area contributed by atoms with Gasteiger partial charge >= 0.3 is 17.4 Å². The summed E-state index contributed by atoms with van der Waals surface area (Å²) in [5, 5.41) is 4.96. The summed E-state index contributed by atoms with van der Waals surface area (Å²) in [5.41, 5.74) is 6.62. The van der Waals surface area contributed by atoms with E-state index in [2.05, 4.69) is 95.2 Å². The maximum Gasteiger partial charge on any atom is 2.00 e. The predicted molar refractivity (Wildman–Crippen MR) is 162 cm³/mol. The second-order valence-electron chi connectivity index (χ2n) is 11.7. The molecule has 2 rings (SSSR count). The Morgan fingerprint density at radius 1 is 0.861 bits per heavy atom. The molecule has 4 nitrogen and oxygen atoms in total. The molecular weight excluding hydrogens is 513 g/mol. The summed E-state index contributed by atoms with van der Waals surface area (Å²) in [5.74, 6) is 0.887. The van der Waals surface area contributed by atoms with Crippen molar-refractivity contribution in [1.82, 2.24) is 4.98 Å². The molecule has 198 valence electrons. The van der Waals surface area contributed by atoms with Crippen molar-refractivity contribution in [2.75, 3.05) is 0 Å². The van der Waals surface area contributed by atoms with Gasteiger partial charge in [0.15, 0.2) is 0 Å². The molecule has 0 aliphatic heterocycles. The van der Waals surface area contributed by atoms with Gasteiger partial charge in [0.05, 0.1) is 12.2 Å². The Bertz CT molecular complexity index is 935. The zero-order valence-electron chi connectivity index (χ0n) is 24.7. The van der Waals surface area contributed by atoms with Crippen LogP contribution in [0.25, 0.3) is 9.96 Å². The van der Waals surface area contributed by atoms with Crippen LogP contribution in [0.15, 0.2) is 59.4 Å². The first kappa shape index (κ1) is 34.5. The number of nitrogens with zero attached hydrogens (tertiary/aromatic N) is 4. The Labute approximate surface area is 234 Å². The van der Waals surface area contributed by atoms with E-state index in [9.17, 15) is 0 Å². The number of aliphatic imine (C=N–C) groups is 1. The number of para-hydroxylation sites is 1. The summed E-state index contributed by atoms with van der Waals surface area (Å²) in [4.78, 5) is 8.92. The molecule has 0 fully saturated rings. The Balaban J connectivity index is 0.00000105. The van der Waals surface area contributed by atoms with Gasteiger partial charge in [-0.05, 0) is 30.9 Å². The number of hydrogen-bond acceptors (Lipinski definition) is 2. The Morgan fingerprint density at radius 2 is 1.39 bits per heavy atom. The molecule has 0 amide bonds. The molecule has 0 N–H and O–H groups in total. The van der Waals surface area contributed by atoms with Crippen LogP contribution in [-0.2, 0) is 23.9 Å². The van der Waals surface area contributed by atoms with Crippen molar-refractivity contribution in [1.29, 1.82) is 0 Å². The number of rotatable bonds is 9. The van der Waals surface area contributed by atoms with Crippen LogP contribution in [0.1, 0.15) is 70.2 Å². The average molecular weight is 561 g/mol. The number of pyridine rings is 1. The van der Waals surface area contributed by atoms with E-state index in [1.807, 2.05) is 38.1 Å². The third-order valence-electron chi connectivity index (χ3n) is 4.94. The van der Waals surface area contributed by atoms with Crippen LogP contribution >= 0.6 is 0 Å².